The Hall–Kier alpha value is -0.110. The minimum Gasteiger partial charge on any atom is -0.205 e. The molecule has 0 spiro atoms. The third kappa shape index (κ3) is 2.22. The van der Waals surface area contributed by atoms with Gasteiger partial charge < -0.3 is 0 Å². The second-order valence-electron chi connectivity index (χ2n) is 2.24. The highest BCUT2D eigenvalue weighted by atomic mass is 79.9. The Labute approximate surface area is 96.8 Å². The summed E-state index contributed by atoms with van der Waals surface area (Å²) in [5.41, 5.74) is 0.773. The summed E-state index contributed by atoms with van der Waals surface area (Å²) in [7, 11) is 0. The molecule has 0 saturated carbocycles. The fraction of sp³-hybridized carbons (Fsp3) is 0.125. The molecule has 0 atom stereocenters. The van der Waals surface area contributed by atoms with Gasteiger partial charge in [0.2, 0.25) is 0 Å². The number of rotatable bonds is 1. The van der Waals surface area contributed by atoms with E-state index >= 15 is 0 Å². The molecular formula is C8H3Br2ClFN. The Morgan fingerprint density at radius 3 is 2.54 bits per heavy atom. The number of nitrogens with zero attached hydrogens (tertiary/aromatic N) is 1. The Kier molecular flexibility index (Phi) is 3.72. The first kappa shape index (κ1) is 11.0. The average molecular weight is 327 g/mol. The zero-order valence-electron chi connectivity index (χ0n) is 6.19. The van der Waals surface area contributed by atoms with Gasteiger partial charge in [0.1, 0.15) is 11.9 Å². The summed E-state index contributed by atoms with van der Waals surface area (Å²) in [5, 5.41) is 8.59. The number of hydrogen-bond acceptors (Lipinski definition) is 1. The van der Waals surface area contributed by atoms with E-state index in [0.29, 0.717) is 5.56 Å². The van der Waals surface area contributed by atoms with Gasteiger partial charge in [-0.15, -0.1) is 0 Å². The van der Waals surface area contributed by atoms with E-state index in [1.807, 2.05) is 6.07 Å². The van der Waals surface area contributed by atoms with Crippen LogP contribution in [0.1, 0.15) is 14.9 Å². The normalized spacial score (nSPS) is 10.2. The average Bonchev–Trinajstić information content (AvgIpc) is 2.09. The van der Waals surface area contributed by atoms with E-state index in [1.54, 1.807) is 0 Å². The second kappa shape index (κ2) is 4.41. The van der Waals surface area contributed by atoms with E-state index in [1.165, 1.54) is 12.1 Å². The molecule has 0 fully saturated rings. The van der Waals surface area contributed by atoms with Crippen LogP contribution in [0.5, 0.6) is 0 Å². The molecular weight excluding hydrogens is 324 g/mol. The van der Waals surface area contributed by atoms with Crippen LogP contribution < -0.4 is 0 Å². The van der Waals surface area contributed by atoms with E-state index in [0.717, 1.165) is 0 Å². The third-order valence-electron chi connectivity index (χ3n) is 1.47. The first-order chi connectivity index (χ1) is 6.07. The number of halogens is 4. The van der Waals surface area contributed by atoms with Crippen molar-refractivity contribution in [3.05, 3.63) is 34.1 Å². The number of nitriles is 1. The molecule has 5 heteroatoms. The molecule has 0 saturated heterocycles. The molecule has 0 aliphatic heterocycles. The van der Waals surface area contributed by atoms with Crippen LogP contribution >= 0.6 is 43.5 Å². The van der Waals surface area contributed by atoms with Gasteiger partial charge in [-0.25, -0.2) is 4.39 Å². The molecule has 0 radical (unpaired) electrons. The zero-order valence-corrected chi connectivity index (χ0v) is 10.1. The highest BCUT2D eigenvalue weighted by Crippen LogP contribution is 2.35. The molecule has 0 unspecified atom stereocenters. The van der Waals surface area contributed by atoms with Crippen molar-refractivity contribution in [2.75, 3.05) is 0 Å². The number of benzene rings is 1. The standard InChI is InChI=1S/C8H3Br2ClFN/c9-8(10)4-1-2-6(12)7(11)5(4)3-13/h1-2,8H. The lowest BCUT2D eigenvalue weighted by atomic mass is 10.1. The molecule has 0 aliphatic rings. The summed E-state index contributed by atoms with van der Waals surface area (Å²) < 4.78 is 12.7. The van der Waals surface area contributed by atoms with E-state index in [2.05, 4.69) is 31.9 Å². The SMILES string of the molecule is N#Cc1c(C(Br)Br)ccc(F)c1Cl. The van der Waals surface area contributed by atoms with Crippen molar-refractivity contribution >= 4 is 43.5 Å². The Morgan fingerprint density at radius 1 is 1.46 bits per heavy atom. The van der Waals surface area contributed by atoms with Gasteiger partial charge in [-0.05, 0) is 11.6 Å². The lowest BCUT2D eigenvalue weighted by molar-refractivity contribution is 0.627. The maximum Gasteiger partial charge on any atom is 0.143 e. The van der Waals surface area contributed by atoms with Crippen LogP contribution in [0.3, 0.4) is 0 Å². The third-order valence-corrected chi connectivity index (χ3v) is 2.83. The smallest absolute Gasteiger partial charge is 0.143 e. The highest BCUT2D eigenvalue weighted by Gasteiger charge is 2.14. The van der Waals surface area contributed by atoms with Crippen molar-refractivity contribution in [3.63, 3.8) is 0 Å². The molecule has 13 heavy (non-hydrogen) atoms. The molecule has 0 amide bonds. The fourth-order valence-corrected chi connectivity index (χ4v) is 1.84. The monoisotopic (exact) mass is 325 g/mol. The van der Waals surface area contributed by atoms with Gasteiger partial charge in [-0.2, -0.15) is 5.26 Å². The Morgan fingerprint density at radius 2 is 2.08 bits per heavy atom. The van der Waals surface area contributed by atoms with Crippen molar-refractivity contribution in [1.82, 2.24) is 0 Å². The predicted molar refractivity (Wildman–Crippen MR) is 56.7 cm³/mol. The van der Waals surface area contributed by atoms with Crippen LogP contribution in [-0.2, 0) is 0 Å². The Bertz CT molecular complexity index is 373. The summed E-state index contributed by atoms with van der Waals surface area (Å²) in [4.78, 5) is 0. The molecule has 0 N–H and O–H groups in total. The van der Waals surface area contributed by atoms with Gasteiger partial charge in [0, 0.05) is 0 Å². The van der Waals surface area contributed by atoms with E-state index < -0.39 is 5.82 Å². The van der Waals surface area contributed by atoms with Gasteiger partial charge >= 0.3 is 0 Å². The molecule has 1 aromatic carbocycles. The molecule has 0 aromatic heterocycles. The maximum atomic E-state index is 12.9. The molecule has 1 rings (SSSR count). The molecule has 1 nitrogen and oxygen atoms in total. The van der Waals surface area contributed by atoms with E-state index in [-0.39, 0.29) is 14.3 Å². The number of alkyl halides is 2. The summed E-state index contributed by atoms with van der Waals surface area (Å²) >= 11 is 12.0. The van der Waals surface area contributed by atoms with Gasteiger partial charge in [0.05, 0.1) is 14.3 Å². The highest BCUT2D eigenvalue weighted by molar-refractivity contribution is 9.24. The van der Waals surface area contributed by atoms with Crippen LogP contribution in [0.4, 0.5) is 4.39 Å². The van der Waals surface area contributed by atoms with Crippen molar-refractivity contribution in [3.8, 4) is 6.07 Å². The summed E-state index contributed by atoms with van der Waals surface area (Å²) in [5.74, 6) is -0.581. The minimum atomic E-state index is -0.581. The molecule has 0 heterocycles. The molecule has 68 valence electrons. The van der Waals surface area contributed by atoms with E-state index in [4.69, 9.17) is 16.9 Å². The van der Waals surface area contributed by atoms with Crippen LogP contribution in [0.25, 0.3) is 0 Å². The first-order valence-electron chi connectivity index (χ1n) is 3.24. The lowest BCUT2D eigenvalue weighted by Gasteiger charge is -2.06. The van der Waals surface area contributed by atoms with Crippen molar-refractivity contribution in [2.45, 2.75) is 3.74 Å². The largest absolute Gasteiger partial charge is 0.205 e. The fourth-order valence-electron chi connectivity index (χ4n) is 0.861. The zero-order chi connectivity index (χ0) is 10.0. The minimum absolute atomic E-state index is 0.135. The van der Waals surface area contributed by atoms with Gasteiger partial charge in [0.15, 0.2) is 0 Å². The van der Waals surface area contributed by atoms with Crippen LogP contribution in [0.2, 0.25) is 5.02 Å². The van der Waals surface area contributed by atoms with Crippen molar-refractivity contribution < 1.29 is 4.39 Å². The van der Waals surface area contributed by atoms with Crippen LogP contribution in [0.15, 0.2) is 12.1 Å². The predicted octanol–water partition coefficient (Wildman–Crippen LogP) is 4.14. The van der Waals surface area contributed by atoms with Gasteiger partial charge in [-0.1, -0.05) is 49.5 Å². The molecule has 0 bridgehead atoms. The summed E-state index contributed by atoms with van der Waals surface area (Å²) in [6, 6.07) is 4.59. The van der Waals surface area contributed by atoms with Gasteiger partial charge in [-0.3, -0.25) is 0 Å². The van der Waals surface area contributed by atoms with Gasteiger partial charge in [0.25, 0.3) is 0 Å². The van der Waals surface area contributed by atoms with Crippen LogP contribution in [0, 0.1) is 17.1 Å². The van der Waals surface area contributed by atoms with Crippen LogP contribution in [-0.4, -0.2) is 0 Å². The quantitative estimate of drug-likeness (QED) is 0.711. The van der Waals surface area contributed by atoms with E-state index in [9.17, 15) is 4.39 Å². The topological polar surface area (TPSA) is 23.8 Å². The second-order valence-corrected chi connectivity index (χ2v) is 5.68. The van der Waals surface area contributed by atoms with Crippen molar-refractivity contribution in [1.29, 1.82) is 5.26 Å². The maximum absolute atomic E-state index is 12.9. The van der Waals surface area contributed by atoms with Crippen molar-refractivity contribution in [2.24, 2.45) is 0 Å². The summed E-state index contributed by atoms with van der Waals surface area (Å²) in [6.07, 6.45) is 0. The molecule has 1 aromatic rings. The lowest BCUT2D eigenvalue weighted by Crippen LogP contribution is -1.91. The number of hydrogen-bond donors (Lipinski definition) is 0. The Balaban J connectivity index is 3.41. The molecule has 0 aliphatic carbocycles. The first-order valence-corrected chi connectivity index (χ1v) is 5.45. The summed E-state index contributed by atoms with van der Waals surface area (Å²) in [6.45, 7) is 0.